The van der Waals surface area contributed by atoms with Crippen molar-refractivity contribution in [2.45, 2.75) is 13.1 Å². The van der Waals surface area contributed by atoms with E-state index >= 15 is 0 Å². The van der Waals surface area contributed by atoms with Crippen molar-refractivity contribution in [3.8, 4) is 16.8 Å². The Kier molecular flexibility index (Phi) is 6.57. The molecule has 0 aliphatic carbocycles. The number of para-hydroxylation sites is 5. The highest BCUT2D eigenvalue weighted by molar-refractivity contribution is 7.33. The molecule has 3 aliphatic heterocycles. The van der Waals surface area contributed by atoms with E-state index in [0.717, 1.165) is 0 Å². The highest BCUT2D eigenvalue weighted by atomic mass is 32.1. The van der Waals surface area contributed by atoms with Gasteiger partial charge >= 0.3 is 0 Å². The molecule has 0 N–H and O–H groups in total. The summed E-state index contributed by atoms with van der Waals surface area (Å²) in [5.41, 5.74) is 16.6. The Hall–Kier alpha value is -6.60. The second-order valence-electron chi connectivity index (χ2n) is 16.5. The molecule has 3 aliphatic rings. The first-order valence-electron chi connectivity index (χ1n) is 20.2. The average Bonchev–Trinajstić information content (AvgIpc) is 3.82. The van der Waals surface area contributed by atoms with E-state index in [0.29, 0.717) is 0 Å². The molecule has 0 fully saturated rings. The first-order chi connectivity index (χ1) is 28.6. The van der Waals surface area contributed by atoms with Gasteiger partial charge in [-0.1, -0.05) is 128 Å². The van der Waals surface area contributed by atoms with E-state index in [1.165, 1.54) is 109 Å². The van der Waals surface area contributed by atoms with Crippen molar-refractivity contribution in [3.63, 3.8) is 0 Å². The summed E-state index contributed by atoms with van der Waals surface area (Å²) in [7, 11) is -2.05. The van der Waals surface area contributed by atoms with Crippen LogP contribution in [0.5, 0.6) is 0 Å². The van der Waals surface area contributed by atoms with E-state index in [1.807, 2.05) is 11.3 Å². The van der Waals surface area contributed by atoms with Gasteiger partial charge in [-0.15, -0.1) is 11.3 Å². The second kappa shape index (κ2) is 11.7. The van der Waals surface area contributed by atoms with Crippen molar-refractivity contribution in [1.82, 2.24) is 4.57 Å². The molecule has 6 heteroatoms. The Morgan fingerprint density at radius 1 is 0.466 bits per heavy atom. The molecule has 0 saturated carbocycles. The highest BCUT2D eigenvalue weighted by Gasteiger charge is 2.49. The highest BCUT2D eigenvalue weighted by Crippen LogP contribution is 2.50. The Bertz CT molecular complexity index is 3350. The van der Waals surface area contributed by atoms with Gasteiger partial charge in [-0.25, -0.2) is 0 Å². The summed E-state index contributed by atoms with van der Waals surface area (Å²) in [5.74, 6) is 0. The van der Waals surface area contributed by atoms with Crippen molar-refractivity contribution in [1.29, 1.82) is 0 Å². The molecule has 58 heavy (non-hydrogen) atoms. The van der Waals surface area contributed by atoms with Gasteiger partial charge < -0.3 is 14.4 Å². The van der Waals surface area contributed by atoms with Crippen molar-refractivity contribution in [3.05, 3.63) is 182 Å². The third-order valence-electron chi connectivity index (χ3n) is 13.1. The van der Waals surface area contributed by atoms with Gasteiger partial charge in [-0.05, 0) is 99.2 Å². The summed E-state index contributed by atoms with van der Waals surface area (Å²) in [6.45, 7) is 5.19. The predicted molar refractivity (Wildman–Crippen MR) is 252 cm³/mol. The number of anilines is 6. The Morgan fingerprint density at radius 2 is 1.12 bits per heavy atom. The maximum absolute atomic E-state index is 2.65. The number of hydrogen-bond donors (Lipinski definition) is 0. The fraction of sp³-hybridized carbons (Fsp3) is 0.0385. The molecule has 0 bridgehead atoms. The zero-order chi connectivity index (χ0) is 38.3. The summed E-state index contributed by atoms with van der Waals surface area (Å²) in [6, 6.07) is 68.2. The molecule has 13 rings (SSSR count). The molecule has 0 saturated heterocycles. The maximum atomic E-state index is 2.65. The van der Waals surface area contributed by atoms with Crippen LogP contribution in [0.3, 0.4) is 0 Å². The Labute approximate surface area is 342 Å². The standard InChI is InChI=1S/C52H36BN3SSi/c1-58(2)47-26-14-12-24-43(47)56-45-32-34(33-28-29-42-39(30-33)37-20-9-11-23-41(37)54(42)35-16-5-3-6-17-35)31-44-49(45)53(40-22-15-27-48(58)51(40)56)52-50(38-21-10-13-25-46(38)57-52)55(44)36-18-7-4-8-19-36/h3-32H,1-2H3. The normalized spacial score (nSPS) is 14.4. The summed E-state index contributed by atoms with van der Waals surface area (Å²) < 4.78 is 5.16. The van der Waals surface area contributed by atoms with Gasteiger partial charge in [0.25, 0.3) is 6.71 Å². The van der Waals surface area contributed by atoms with Crippen molar-refractivity contribution < 1.29 is 0 Å². The first-order valence-corrected chi connectivity index (χ1v) is 24.0. The van der Waals surface area contributed by atoms with Crippen LogP contribution in [0.15, 0.2) is 182 Å². The number of thiophene rings is 1. The molecule has 10 aromatic rings. The molecule has 0 spiro atoms. The van der Waals surface area contributed by atoms with Crippen LogP contribution in [0, 0.1) is 0 Å². The lowest BCUT2D eigenvalue weighted by molar-refractivity contribution is 1.18. The minimum absolute atomic E-state index is 0.110. The van der Waals surface area contributed by atoms with Crippen LogP contribution < -0.4 is 35.9 Å². The summed E-state index contributed by atoms with van der Waals surface area (Å²) in [5, 5.41) is 6.84. The average molecular weight is 774 g/mol. The third kappa shape index (κ3) is 4.23. The van der Waals surface area contributed by atoms with Crippen LogP contribution in [-0.2, 0) is 0 Å². The fourth-order valence-corrected chi connectivity index (χ4v) is 14.9. The molecule has 0 amide bonds. The van der Waals surface area contributed by atoms with E-state index in [2.05, 4.69) is 209 Å². The molecule has 2 aromatic heterocycles. The number of fused-ring (bicyclic) bond motifs is 11. The van der Waals surface area contributed by atoms with Crippen molar-refractivity contribution in [2.24, 2.45) is 0 Å². The van der Waals surface area contributed by atoms with Gasteiger partial charge in [0.15, 0.2) is 0 Å². The number of benzene rings is 8. The quantitative estimate of drug-likeness (QED) is 0.166. The van der Waals surface area contributed by atoms with Crippen molar-refractivity contribution in [2.75, 3.05) is 9.80 Å². The van der Waals surface area contributed by atoms with Gasteiger partial charge in [0.1, 0.15) is 8.07 Å². The van der Waals surface area contributed by atoms with Crippen LogP contribution in [0.2, 0.25) is 13.1 Å². The zero-order valence-corrected chi connectivity index (χ0v) is 34.0. The monoisotopic (exact) mass is 773 g/mol. The van der Waals surface area contributed by atoms with Crippen LogP contribution in [0.25, 0.3) is 48.7 Å². The molecule has 272 valence electrons. The minimum Gasteiger partial charge on any atom is -0.312 e. The lowest BCUT2D eigenvalue weighted by Crippen LogP contribution is -2.67. The van der Waals surface area contributed by atoms with Gasteiger partial charge in [0.05, 0.1) is 16.7 Å². The molecule has 0 unspecified atom stereocenters. The van der Waals surface area contributed by atoms with E-state index in [1.54, 1.807) is 0 Å². The van der Waals surface area contributed by atoms with E-state index < -0.39 is 8.07 Å². The third-order valence-corrected chi connectivity index (χ3v) is 17.9. The van der Waals surface area contributed by atoms with Gasteiger partial charge in [0, 0.05) is 59.8 Å². The Morgan fingerprint density at radius 3 is 1.95 bits per heavy atom. The molecular weight excluding hydrogens is 738 g/mol. The largest absolute Gasteiger partial charge is 0.312 e. The molecule has 3 nitrogen and oxygen atoms in total. The molecule has 0 atom stereocenters. The van der Waals surface area contributed by atoms with Crippen LogP contribution >= 0.6 is 11.3 Å². The molecule has 5 heterocycles. The van der Waals surface area contributed by atoms with Crippen LogP contribution in [-0.4, -0.2) is 19.4 Å². The molecular formula is C52H36BN3SSi. The number of aromatic nitrogens is 1. The SMILES string of the molecule is C[Si]1(C)c2ccccc2N2c3cc(-c4ccc5c(c4)c4ccccc4n5-c4ccccc4)cc4c3B(c3cccc1c32)c1sc2ccccc2c1N4c1ccccc1. The number of hydrogen-bond acceptors (Lipinski definition) is 3. The maximum Gasteiger partial charge on any atom is 0.264 e. The summed E-state index contributed by atoms with van der Waals surface area (Å²) in [4.78, 5) is 5.23. The smallest absolute Gasteiger partial charge is 0.264 e. The minimum atomic E-state index is -2.05. The van der Waals surface area contributed by atoms with E-state index in [4.69, 9.17) is 0 Å². The second-order valence-corrected chi connectivity index (χ2v) is 21.9. The Balaban J connectivity index is 1.15. The van der Waals surface area contributed by atoms with Gasteiger partial charge in [-0.3, -0.25) is 0 Å². The van der Waals surface area contributed by atoms with Crippen LogP contribution in [0.4, 0.5) is 34.1 Å². The first kappa shape index (κ1) is 32.5. The number of nitrogens with zero attached hydrogens (tertiary/aromatic N) is 3. The molecule has 8 aromatic carbocycles. The number of rotatable bonds is 3. The topological polar surface area (TPSA) is 11.4 Å². The molecule has 0 radical (unpaired) electrons. The van der Waals surface area contributed by atoms with Crippen LogP contribution in [0.1, 0.15) is 0 Å². The van der Waals surface area contributed by atoms with Gasteiger partial charge in [-0.2, -0.15) is 0 Å². The van der Waals surface area contributed by atoms with E-state index in [9.17, 15) is 0 Å². The van der Waals surface area contributed by atoms with Crippen molar-refractivity contribution >= 4 is 118 Å². The fourth-order valence-electron chi connectivity index (χ4n) is 10.6. The summed E-state index contributed by atoms with van der Waals surface area (Å²) in [6.07, 6.45) is 0. The zero-order valence-electron chi connectivity index (χ0n) is 32.1. The lowest BCUT2D eigenvalue weighted by Gasteiger charge is -2.48. The lowest BCUT2D eigenvalue weighted by atomic mass is 9.36. The van der Waals surface area contributed by atoms with E-state index in [-0.39, 0.29) is 6.71 Å². The summed E-state index contributed by atoms with van der Waals surface area (Å²) >= 11 is 1.97. The predicted octanol–water partition coefficient (Wildman–Crippen LogP) is 10.9. The van der Waals surface area contributed by atoms with Gasteiger partial charge in [0.2, 0.25) is 0 Å².